The summed E-state index contributed by atoms with van der Waals surface area (Å²) in [5.74, 6) is 0.494. The van der Waals surface area contributed by atoms with Crippen LogP contribution in [0.1, 0.15) is 6.42 Å². The molecule has 7 heteroatoms. The van der Waals surface area contributed by atoms with Crippen LogP contribution >= 0.6 is 0 Å². The number of carbonyl (C=O) groups is 1. The Morgan fingerprint density at radius 1 is 0.900 bits per heavy atom. The number of rotatable bonds is 2. The van der Waals surface area contributed by atoms with E-state index in [1.54, 1.807) is 23.1 Å². The smallest absolute Gasteiger partial charge is 0.321 e. The molecule has 1 aliphatic heterocycles. The molecule has 0 saturated carbocycles. The maximum Gasteiger partial charge on any atom is 0.321 e. The van der Waals surface area contributed by atoms with Crippen LogP contribution in [0.3, 0.4) is 0 Å². The lowest BCUT2D eigenvalue weighted by Crippen LogP contribution is -2.38. The number of hydrogen-bond donors (Lipinski definition) is 1. The fraction of sp³-hybridized carbons (Fsp3) is 0.217. The molecule has 0 spiro atoms. The molecule has 1 aliphatic rings. The first-order chi connectivity index (χ1) is 14.7. The molecule has 3 heterocycles. The van der Waals surface area contributed by atoms with Crippen LogP contribution in [-0.4, -0.2) is 46.5 Å². The first-order valence-corrected chi connectivity index (χ1v) is 10.1. The molecule has 0 unspecified atom stereocenters. The van der Waals surface area contributed by atoms with Crippen molar-refractivity contribution in [1.29, 1.82) is 0 Å². The molecule has 2 amide bonds. The predicted molar refractivity (Wildman–Crippen MR) is 117 cm³/mol. The number of benzene rings is 2. The SMILES string of the molecule is O=C(Nc1ccccc1F)N1CCCN(c2nc3ccccc3n3cccc23)CC1. The molecule has 1 N–H and O–H groups in total. The predicted octanol–water partition coefficient (Wildman–Crippen LogP) is 4.37. The van der Waals surface area contributed by atoms with Gasteiger partial charge in [-0.3, -0.25) is 0 Å². The van der Waals surface area contributed by atoms with Crippen LogP contribution in [0.25, 0.3) is 16.6 Å². The second-order valence-corrected chi connectivity index (χ2v) is 7.43. The summed E-state index contributed by atoms with van der Waals surface area (Å²) in [6.07, 6.45) is 2.86. The van der Waals surface area contributed by atoms with Gasteiger partial charge in [-0.1, -0.05) is 24.3 Å². The van der Waals surface area contributed by atoms with Crippen LogP contribution in [-0.2, 0) is 0 Å². The molecule has 30 heavy (non-hydrogen) atoms. The van der Waals surface area contributed by atoms with Gasteiger partial charge >= 0.3 is 6.03 Å². The maximum absolute atomic E-state index is 13.9. The number of nitrogens with zero attached hydrogens (tertiary/aromatic N) is 4. The first-order valence-electron chi connectivity index (χ1n) is 10.1. The number of anilines is 2. The van der Waals surface area contributed by atoms with Crippen LogP contribution < -0.4 is 10.2 Å². The summed E-state index contributed by atoms with van der Waals surface area (Å²) in [6, 6.07) is 18.1. The highest BCUT2D eigenvalue weighted by Crippen LogP contribution is 2.26. The van der Waals surface area contributed by atoms with Gasteiger partial charge in [-0.25, -0.2) is 14.2 Å². The second-order valence-electron chi connectivity index (χ2n) is 7.43. The van der Waals surface area contributed by atoms with E-state index in [1.807, 2.05) is 24.3 Å². The summed E-state index contributed by atoms with van der Waals surface area (Å²) in [5.41, 5.74) is 3.27. The minimum atomic E-state index is -0.432. The number of hydrogen-bond acceptors (Lipinski definition) is 3. The fourth-order valence-corrected chi connectivity index (χ4v) is 4.03. The number of nitrogens with one attached hydrogen (secondary N) is 1. The Bertz CT molecular complexity index is 1220. The van der Waals surface area contributed by atoms with Crippen molar-refractivity contribution >= 4 is 34.1 Å². The number of halogens is 1. The van der Waals surface area contributed by atoms with E-state index in [0.29, 0.717) is 19.6 Å². The zero-order chi connectivity index (χ0) is 20.5. The summed E-state index contributed by atoms with van der Waals surface area (Å²) >= 11 is 0. The molecule has 0 bridgehead atoms. The van der Waals surface area contributed by atoms with E-state index in [-0.39, 0.29) is 11.7 Å². The third kappa shape index (κ3) is 3.32. The van der Waals surface area contributed by atoms with Gasteiger partial charge in [0.25, 0.3) is 0 Å². The Morgan fingerprint density at radius 3 is 2.60 bits per heavy atom. The van der Waals surface area contributed by atoms with E-state index < -0.39 is 5.82 Å². The molecule has 1 saturated heterocycles. The summed E-state index contributed by atoms with van der Waals surface area (Å²) in [4.78, 5) is 21.6. The minimum absolute atomic E-state index is 0.203. The zero-order valence-electron chi connectivity index (χ0n) is 16.5. The Balaban J connectivity index is 1.37. The fourth-order valence-electron chi connectivity index (χ4n) is 4.03. The second kappa shape index (κ2) is 7.67. The van der Waals surface area contributed by atoms with Crippen molar-refractivity contribution < 1.29 is 9.18 Å². The molecule has 5 rings (SSSR count). The van der Waals surface area contributed by atoms with E-state index >= 15 is 0 Å². The molecule has 2 aromatic heterocycles. The van der Waals surface area contributed by atoms with Gasteiger partial charge in [-0.05, 0) is 42.8 Å². The van der Waals surface area contributed by atoms with E-state index in [0.717, 1.165) is 35.3 Å². The van der Waals surface area contributed by atoms with E-state index in [2.05, 4.69) is 32.9 Å². The molecule has 0 atom stereocenters. The number of urea groups is 1. The number of fused-ring (bicyclic) bond motifs is 3. The van der Waals surface area contributed by atoms with Crippen LogP contribution in [0.4, 0.5) is 20.7 Å². The van der Waals surface area contributed by atoms with Crippen molar-refractivity contribution in [2.45, 2.75) is 6.42 Å². The van der Waals surface area contributed by atoms with Gasteiger partial charge < -0.3 is 19.5 Å². The quantitative estimate of drug-likeness (QED) is 0.541. The van der Waals surface area contributed by atoms with E-state index in [9.17, 15) is 9.18 Å². The molecule has 152 valence electrons. The molecule has 1 fully saturated rings. The standard InChI is InChI=1S/C23H22FN5O/c24-17-7-1-2-8-18(17)26-23(30)28-13-6-12-27(15-16-28)22-21-11-5-14-29(21)20-10-4-3-9-19(20)25-22/h1-5,7-11,14H,6,12-13,15-16H2,(H,26,30). The van der Waals surface area contributed by atoms with Gasteiger partial charge in [-0.15, -0.1) is 0 Å². The number of amides is 2. The molecule has 6 nitrogen and oxygen atoms in total. The van der Waals surface area contributed by atoms with Crippen molar-refractivity contribution in [3.05, 3.63) is 72.7 Å². The Morgan fingerprint density at radius 2 is 1.70 bits per heavy atom. The summed E-state index contributed by atoms with van der Waals surface area (Å²) in [7, 11) is 0. The highest BCUT2D eigenvalue weighted by Gasteiger charge is 2.22. The van der Waals surface area contributed by atoms with Crippen LogP contribution in [0.2, 0.25) is 0 Å². The lowest BCUT2D eigenvalue weighted by molar-refractivity contribution is 0.215. The topological polar surface area (TPSA) is 52.9 Å². The molecular weight excluding hydrogens is 381 g/mol. The van der Waals surface area contributed by atoms with Gasteiger partial charge in [0, 0.05) is 32.4 Å². The number of aromatic nitrogens is 2. The Hall–Kier alpha value is -3.61. The summed E-state index contributed by atoms with van der Waals surface area (Å²) in [6.45, 7) is 2.62. The van der Waals surface area contributed by atoms with Crippen molar-refractivity contribution in [2.75, 3.05) is 36.4 Å². The lowest BCUT2D eigenvalue weighted by Gasteiger charge is -2.24. The number of carbonyl (C=O) groups excluding carboxylic acids is 1. The third-order valence-corrected chi connectivity index (χ3v) is 5.54. The average Bonchev–Trinajstić information content (AvgIpc) is 3.13. The Kier molecular flexibility index (Phi) is 4.71. The zero-order valence-corrected chi connectivity index (χ0v) is 16.5. The molecule has 4 aromatic rings. The first kappa shape index (κ1) is 18.4. The normalized spacial score (nSPS) is 14.8. The largest absolute Gasteiger partial charge is 0.353 e. The van der Waals surface area contributed by atoms with Crippen molar-refractivity contribution in [1.82, 2.24) is 14.3 Å². The van der Waals surface area contributed by atoms with Crippen LogP contribution in [0, 0.1) is 5.82 Å². The van der Waals surface area contributed by atoms with Crippen molar-refractivity contribution in [2.24, 2.45) is 0 Å². The summed E-state index contributed by atoms with van der Waals surface area (Å²) in [5, 5.41) is 2.69. The summed E-state index contributed by atoms with van der Waals surface area (Å²) < 4.78 is 16.0. The van der Waals surface area contributed by atoms with Crippen molar-refractivity contribution in [3.63, 3.8) is 0 Å². The van der Waals surface area contributed by atoms with Gasteiger partial charge in [0.05, 0.1) is 22.2 Å². The highest BCUT2D eigenvalue weighted by molar-refractivity contribution is 5.89. The molecule has 2 aromatic carbocycles. The molecule has 0 radical (unpaired) electrons. The number of para-hydroxylation sites is 3. The average molecular weight is 403 g/mol. The van der Waals surface area contributed by atoms with Gasteiger partial charge in [0.15, 0.2) is 5.82 Å². The van der Waals surface area contributed by atoms with Crippen LogP contribution in [0.5, 0.6) is 0 Å². The van der Waals surface area contributed by atoms with E-state index in [4.69, 9.17) is 4.98 Å². The monoisotopic (exact) mass is 403 g/mol. The van der Waals surface area contributed by atoms with E-state index in [1.165, 1.54) is 6.07 Å². The molecular formula is C23H22FN5O. The highest BCUT2D eigenvalue weighted by atomic mass is 19.1. The maximum atomic E-state index is 13.9. The van der Waals surface area contributed by atoms with Gasteiger partial charge in [0.1, 0.15) is 5.82 Å². The van der Waals surface area contributed by atoms with Gasteiger partial charge in [0.2, 0.25) is 0 Å². The van der Waals surface area contributed by atoms with Crippen LogP contribution in [0.15, 0.2) is 66.9 Å². The lowest BCUT2D eigenvalue weighted by atomic mass is 10.3. The third-order valence-electron chi connectivity index (χ3n) is 5.54. The minimum Gasteiger partial charge on any atom is -0.353 e. The molecule has 0 aliphatic carbocycles. The Labute approximate surface area is 173 Å². The van der Waals surface area contributed by atoms with Crippen molar-refractivity contribution in [3.8, 4) is 0 Å². The van der Waals surface area contributed by atoms with Gasteiger partial charge in [-0.2, -0.15) is 0 Å².